The summed E-state index contributed by atoms with van der Waals surface area (Å²) in [6.07, 6.45) is 0.641. The molecule has 4 rings (SSSR count). The Kier molecular flexibility index (Phi) is 19.3. The van der Waals surface area contributed by atoms with Crippen LogP contribution in [0.5, 0.6) is 0 Å². The Hall–Kier alpha value is -0.640. The van der Waals surface area contributed by atoms with Crippen LogP contribution in [0.1, 0.15) is 134 Å². The fourth-order valence-electron chi connectivity index (χ4n) is 6.87. The Morgan fingerprint density at radius 1 is 0.404 bits per heavy atom. The molecule has 4 heterocycles. The Bertz CT molecular complexity index is 979. The zero-order valence-electron chi connectivity index (χ0n) is 37.0. The Balaban J connectivity index is 1.63. The van der Waals surface area contributed by atoms with E-state index < -0.39 is 54.5 Å². The zero-order valence-corrected chi connectivity index (χ0v) is 37.0. The van der Waals surface area contributed by atoms with E-state index in [1.807, 2.05) is 83.1 Å². The molecule has 4 aliphatic rings. The van der Waals surface area contributed by atoms with Crippen molar-refractivity contribution < 1.29 is 75.8 Å². The van der Waals surface area contributed by atoms with E-state index in [0.717, 1.165) is 0 Å². The molecular weight excluding hydrogens is 748 g/mol. The summed E-state index contributed by atoms with van der Waals surface area (Å²) in [5.41, 5.74) is -0.997. The summed E-state index contributed by atoms with van der Waals surface area (Å²) in [5.74, 6) is -4.88. The maximum atomic E-state index is 6.65. The van der Waals surface area contributed by atoms with Crippen LogP contribution >= 0.6 is 0 Å². The molecular formula is C41H76O16. The van der Waals surface area contributed by atoms with Gasteiger partial charge in [-0.15, -0.1) is 0 Å². The summed E-state index contributed by atoms with van der Waals surface area (Å²) in [7, 11) is 0. The third-order valence-corrected chi connectivity index (χ3v) is 10.3. The van der Waals surface area contributed by atoms with Crippen LogP contribution in [0.15, 0.2) is 0 Å². The van der Waals surface area contributed by atoms with E-state index in [4.69, 9.17) is 75.8 Å². The molecule has 0 amide bonds. The standard InChI is InChI=1S/C41H76O16/c1-13-33(54-38(17-5)46-21-29(9)50-38)42-25-37(26-43-34(14-2)55-39(18-6)47-22-30(10)51-39,27-44-35(15-3)56-40(19-7)48-23-31(11)52-40)28-45-36(16-4)57-41(20-8)49-24-32(12)53-41/h29-36H,13-28H2,1-12H3. The Labute approximate surface area is 341 Å². The van der Waals surface area contributed by atoms with Crippen molar-refractivity contribution in [1.82, 2.24) is 0 Å². The summed E-state index contributed by atoms with van der Waals surface area (Å²) in [5, 5.41) is 0. The average molecular weight is 825 g/mol. The van der Waals surface area contributed by atoms with E-state index in [0.29, 0.717) is 77.8 Å². The van der Waals surface area contributed by atoms with Gasteiger partial charge in [-0.3, -0.25) is 18.9 Å². The van der Waals surface area contributed by atoms with Crippen LogP contribution in [0.4, 0.5) is 0 Å². The van der Waals surface area contributed by atoms with Gasteiger partial charge in [-0.05, 0) is 53.4 Å². The van der Waals surface area contributed by atoms with Crippen molar-refractivity contribution in [3.8, 4) is 0 Å². The molecule has 0 bridgehead atoms. The van der Waals surface area contributed by atoms with Crippen LogP contribution in [-0.2, 0) is 75.8 Å². The first kappa shape index (κ1) is 49.0. The Morgan fingerprint density at radius 2 is 0.614 bits per heavy atom. The molecule has 0 aromatic heterocycles. The van der Waals surface area contributed by atoms with Crippen LogP contribution in [0.2, 0.25) is 0 Å². The van der Waals surface area contributed by atoms with E-state index in [1.54, 1.807) is 0 Å². The molecule has 0 saturated carbocycles. The van der Waals surface area contributed by atoms with Crippen molar-refractivity contribution in [2.24, 2.45) is 5.41 Å². The molecule has 16 heteroatoms. The van der Waals surface area contributed by atoms with Gasteiger partial charge in [0.1, 0.15) is 0 Å². The van der Waals surface area contributed by atoms with Gasteiger partial charge in [0.2, 0.25) is 0 Å². The third kappa shape index (κ3) is 13.7. The molecule has 0 radical (unpaired) electrons. The third-order valence-electron chi connectivity index (χ3n) is 10.3. The molecule has 0 aromatic rings. The summed E-state index contributed by atoms with van der Waals surface area (Å²) in [4.78, 5) is 0. The van der Waals surface area contributed by atoms with Crippen molar-refractivity contribution >= 4 is 0 Å². The van der Waals surface area contributed by atoms with Crippen molar-refractivity contribution in [2.75, 3.05) is 52.9 Å². The lowest BCUT2D eigenvalue weighted by Gasteiger charge is -2.40. The minimum absolute atomic E-state index is 0.0685. The number of hydrogen-bond donors (Lipinski definition) is 0. The minimum atomic E-state index is -1.22. The quantitative estimate of drug-likeness (QED) is 0.0742. The van der Waals surface area contributed by atoms with Gasteiger partial charge in [-0.25, -0.2) is 0 Å². The lowest BCUT2D eigenvalue weighted by atomic mass is 9.92. The molecule has 4 aliphatic heterocycles. The van der Waals surface area contributed by atoms with Gasteiger partial charge >= 0.3 is 0 Å². The maximum Gasteiger partial charge on any atom is 0.285 e. The highest BCUT2D eigenvalue weighted by Crippen LogP contribution is 2.36. The molecule has 0 aliphatic carbocycles. The van der Waals surface area contributed by atoms with Crippen molar-refractivity contribution in [3.05, 3.63) is 0 Å². The number of ether oxygens (including phenoxy) is 16. The molecule has 4 saturated heterocycles. The topological polar surface area (TPSA) is 148 Å². The van der Waals surface area contributed by atoms with E-state index in [2.05, 4.69) is 0 Å². The number of hydrogen-bond acceptors (Lipinski definition) is 16. The van der Waals surface area contributed by atoms with Crippen LogP contribution in [-0.4, -0.2) is 126 Å². The molecule has 336 valence electrons. The molecule has 12 unspecified atom stereocenters. The van der Waals surface area contributed by atoms with Gasteiger partial charge < -0.3 is 56.8 Å². The second-order valence-electron chi connectivity index (χ2n) is 15.7. The van der Waals surface area contributed by atoms with Crippen LogP contribution in [0.25, 0.3) is 0 Å². The highest BCUT2D eigenvalue weighted by molar-refractivity contribution is 4.82. The first-order chi connectivity index (χ1) is 27.2. The van der Waals surface area contributed by atoms with Gasteiger partial charge in [0.25, 0.3) is 23.9 Å². The van der Waals surface area contributed by atoms with Crippen molar-refractivity contribution in [1.29, 1.82) is 0 Å². The molecule has 57 heavy (non-hydrogen) atoms. The summed E-state index contributed by atoms with van der Waals surface area (Å²) < 4.78 is 101. The maximum absolute atomic E-state index is 6.65. The van der Waals surface area contributed by atoms with E-state index in [9.17, 15) is 0 Å². The lowest BCUT2D eigenvalue weighted by molar-refractivity contribution is -0.402. The molecule has 12 atom stereocenters. The normalized spacial score (nSPS) is 36.4. The zero-order chi connectivity index (χ0) is 41.7. The summed E-state index contributed by atoms with van der Waals surface area (Å²) >= 11 is 0. The second-order valence-corrected chi connectivity index (χ2v) is 15.7. The van der Waals surface area contributed by atoms with E-state index in [1.165, 1.54) is 0 Å². The van der Waals surface area contributed by atoms with E-state index >= 15 is 0 Å². The fraction of sp³-hybridized carbons (Fsp3) is 1.00. The van der Waals surface area contributed by atoms with Crippen LogP contribution < -0.4 is 0 Å². The molecule has 0 N–H and O–H groups in total. The predicted octanol–water partition coefficient (Wildman–Crippen LogP) is 7.05. The molecule has 4 fully saturated rings. The van der Waals surface area contributed by atoms with Crippen LogP contribution in [0, 0.1) is 5.41 Å². The van der Waals surface area contributed by atoms with E-state index in [-0.39, 0.29) is 50.8 Å². The van der Waals surface area contributed by atoms with Gasteiger partial charge in [0, 0.05) is 25.7 Å². The second kappa shape index (κ2) is 22.5. The fourth-order valence-corrected chi connectivity index (χ4v) is 6.87. The number of rotatable bonds is 28. The smallest absolute Gasteiger partial charge is 0.285 e. The van der Waals surface area contributed by atoms with Gasteiger partial charge in [-0.2, -0.15) is 0 Å². The predicted molar refractivity (Wildman–Crippen MR) is 205 cm³/mol. The largest absolute Gasteiger partial charge is 0.352 e. The monoisotopic (exact) mass is 825 g/mol. The summed E-state index contributed by atoms with van der Waals surface area (Å²) in [6.45, 7) is 25.5. The van der Waals surface area contributed by atoms with Gasteiger partial charge in [0.05, 0.1) is 82.7 Å². The first-order valence-electron chi connectivity index (χ1n) is 21.6. The van der Waals surface area contributed by atoms with Crippen molar-refractivity contribution in [3.63, 3.8) is 0 Å². The first-order valence-corrected chi connectivity index (χ1v) is 21.6. The Morgan fingerprint density at radius 3 is 0.754 bits per heavy atom. The van der Waals surface area contributed by atoms with Gasteiger partial charge in [-0.1, -0.05) is 55.4 Å². The molecule has 0 spiro atoms. The SMILES string of the molecule is CCC(OCC(COC(CC)OC1(CC)OCC(C)O1)(COC(CC)OC1(CC)OCC(C)O1)COC(CC)OC1(CC)OCC(C)O1)OC1(CC)OCC(C)O1. The summed E-state index contributed by atoms with van der Waals surface area (Å²) in [6, 6.07) is 0. The average Bonchev–Trinajstić information content (AvgIpc) is 4.00. The highest BCUT2D eigenvalue weighted by Gasteiger charge is 2.47. The lowest BCUT2D eigenvalue weighted by Crippen LogP contribution is -2.49. The van der Waals surface area contributed by atoms with Gasteiger partial charge in [0.15, 0.2) is 25.2 Å². The molecule has 16 nitrogen and oxygen atoms in total. The van der Waals surface area contributed by atoms with Crippen molar-refractivity contribution in [2.45, 2.75) is 208 Å². The van der Waals surface area contributed by atoms with Crippen LogP contribution in [0.3, 0.4) is 0 Å². The molecule has 0 aromatic carbocycles. The highest BCUT2D eigenvalue weighted by atomic mass is 16.9. The minimum Gasteiger partial charge on any atom is -0.352 e.